The van der Waals surface area contributed by atoms with Gasteiger partial charge in [-0.1, -0.05) is 13.8 Å². The van der Waals surface area contributed by atoms with Gasteiger partial charge in [0.2, 0.25) is 5.91 Å². The summed E-state index contributed by atoms with van der Waals surface area (Å²) in [6.45, 7) is 4.56. The Hall–Kier alpha value is -0.820. The molecule has 0 aliphatic carbocycles. The van der Waals surface area contributed by atoms with Crippen molar-refractivity contribution in [3.05, 3.63) is 0 Å². The van der Waals surface area contributed by atoms with Gasteiger partial charge in [0, 0.05) is 19.1 Å². The van der Waals surface area contributed by atoms with Crippen molar-refractivity contribution in [3.8, 4) is 0 Å². The Morgan fingerprint density at radius 2 is 1.95 bits per heavy atom. The minimum absolute atomic E-state index is 0.00496. The van der Waals surface area contributed by atoms with Crippen molar-refractivity contribution in [2.75, 3.05) is 27.2 Å². The zero-order valence-corrected chi connectivity index (χ0v) is 13.1. The number of hydrogen-bond donors (Lipinski definition) is 2. The van der Waals surface area contributed by atoms with Crippen LogP contribution in [0, 0.1) is 11.8 Å². The van der Waals surface area contributed by atoms with E-state index in [0.29, 0.717) is 6.54 Å². The average molecular weight is 309 g/mol. The van der Waals surface area contributed by atoms with E-state index in [1.165, 1.54) is 0 Å². The lowest BCUT2D eigenvalue weighted by Crippen LogP contribution is -2.55. The van der Waals surface area contributed by atoms with Crippen molar-refractivity contribution >= 4 is 5.91 Å². The topological polar surface area (TPSA) is 44.4 Å². The fourth-order valence-corrected chi connectivity index (χ4v) is 2.46. The number of halogens is 3. The van der Waals surface area contributed by atoms with Gasteiger partial charge in [-0.2, -0.15) is 13.2 Å². The predicted octanol–water partition coefficient (Wildman–Crippen LogP) is 1.62. The number of carbonyl (C=O) groups excluding carboxylic acids is 1. The Morgan fingerprint density at radius 1 is 1.33 bits per heavy atom. The van der Waals surface area contributed by atoms with E-state index in [4.69, 9.17) is 0 Å². The minimum Gasteiger partial charge on any atom is -0.350 e. The van der Waals surface area contributed by atoms with E-state index in [1.807, 2.05) is 32.8 Å². The molecule has 7 heteroatoms. The Bertz CT molecular complexity index is 337. The number of alkyl halides is 3. The first-order valence-corrected chi connectivity index (χ1v) is 7.36. The summed E-state index contributed by atoms with van der Waals surface area (Å²) < 4.78 is 37.7. The highest BCUT2D eigenvalue weighted by Crippen LogP contribution is 2.31. The molecule has 0 aromatic rings. The molecule has 1 aliphatic rings. The fourth-order valence-electron chi connectivity index (χ4n) is 2.46. The lowest BCUT2D eigenvalue weighted by atomic mass is 9.93. The van der Waals surface area contributed by atoms with Crippen LogP contribution in [-0.4, -0.2) is 56.3 Å². The van der Waals surface area contributed by atoms with Gasteiger partial charge in [0.1, 0.15) is 0 Å². The molecule has 0 aromatic carbocycles. The first-order chi connectivity index (χ1) is 9.61. The molecule has 21 heavy (non-hydrogen) atoms. The summed E-state index contributed by atoms with van der Waals surface area (Å²) in [6, 6.07) is -0.526. The summed E-state index contributed by atoms with van der Waals surface area (Å²) in [5, 5.41) is 5.67. The maximum atomic E-state index is 12.6. The quantitative estimate of drug-likeness (QED) is 0.811. The van der Waals surface area contributed by atoms with Crippen LogP contribution in [0.4, 0.5) is 13.2 Å². The summed E-state index contributed by atoms with van der Waals surface area (Å²) in [5.41, 5.74) is 0. The summed E-state index contributed by atoms with van der Waals surface area (Å²) in [7, 11) is 3.85. The molecule has 1 fully saturated rings. The van der Waals surface area contributed by atoms with E-state index in [-0.39, 0.29) is 37.3 Å². The molecule has 1 aliphatic heterocycles. The summed E-state index contributed by atoms with van der Waals surface area (Å²) >= 11 is 0. The highest BCUT2D eigenvalue weighted by atomic mass is 19.4. The van der Waals surface area contributed by atoms with Gasteiger partial charge in [-0.25, -0.2) is 0 Å². The highest BCUT2D eigenvalue weighted by molar-refractivity contribution is 5.82. The zero-order chi connectivity index (χ0) is 16.2. The van der Waals surface area contributed by atoms with Crippen LogP contribution in [0.2, 0.25) is 0 Å². The second-order valence-corrected chi connectivity index (χ2v) is 6.40. The Kier molecular flexibility index (Phi) is 6.46. The molecule has 3 unspecified atom stereocenters. The van der Waals surface area contributed by atoms with E-state index in [0.717, 1.165) is 0 Å². The van der Waals surface area contributed by atoms with E-state index in [1.54, 1.807) is 0 Å². The van der Waals surface area contributed by atoms with Gasteiger partial charge in [0.05, 0.1) is 12.0 Å². The Balaban J connectivity index is 2.49. The van der Waals surface area contributed by atoms with Gasteiger partial charge >= 0.3 is 6.18 Å². The van der Waals surface area contributed by atoms with Crippen molar-refractivity contribution in [2.24, 2.45) is 11.8 Å². The van der Waals surface area contributed by atoms with Crippen LogP contribution >= 0.6 is 0 Å². The van der Waals surface area contributed by atoms with Crippen molar-refractivity contribution < 1.29 is 18.0 Å². The molecular formula is C14H26F3N3O. The number of hydrogen-bond acceptors (Lipinski definition) is 3. The number of rotatable bonds is 5. The molecule has 0 saturated carbocycles. The molecule has 3 atom stereocenters. The predicted molar refractivity (Wildman–Crippen MR) is 75.9 cm³/mol. The first kappa shape index (κ1) is 18.2. The third-order valence-corrected chi connectivity index (χ3v) is 3.89. The minimum atomic E-state index is -4.18. The van der Waals surface area contributed by atoms with E-state index in [2.05, 4.69) is 10.6 Å². The SMILES string of the molecule is CC(C)C(CN(C)C)NC(=O)C1CCC(C(F)(F)F)CN1. The lowest BCUT2D eigenvalue weighted by molar-refractivity contribution is -0.180. The summed E-state index contributed by atoms with van der Waals surface area (Å²) in [6.07, 6.45) is -3.95. The summed E-state index contributed by atoms with van der Waals surface area (Å²) in [5.74, 6) is -1.27. The molecule has 0 radical (unpaired) electrons. The van der Waals surface area contributed by atoms with Crippen LogP contribution in [0.3, 0.4) is 0 Å². The van der Waals surface area contributed by atoms with Crippen molar-refractivity contribution in [1.29, 1.82) is 0 Å². The van der Waals surface area contributed by atoms with Crippen LogP contribution in [-0.2, 0) is 4.79 Å². The van der Waals surface area contributed by atoms with Gasteiger partial charge in [-0.15, -0.1) is 0 Å². The fraction of sp³-hybridized carbons (Fsp3) is 0.929. The first-order valence-electron chi connectivity index (χ1n) is 7.36. The van der Waals surface area contributed by atoms with Crippen LogP contribution in [0.15, 0.2) is 0 Å². The number of nitrogens with zero attached hydrogens (tertiary/aromatic N) is 1. The third kappa shape index (κ3) is 5.82. The van der Waals surface area contributed by atoms with Crippen LogP contribution < -0.4 is 10.6 Å². The number of likely N-dealkylation sites (N-methyl/N-ethyl adjacent to an activating group) is 1. The molecule has 1 amide bonds. The van der Waals surface area contributed by atoms with E-state index in [9.17, 15) is 18.0 Å². The van der Waals surface area contributed by atoms with Crippen molar-refractivity contribution in [2.45, 2.75) is 44.9 Å². The number of piperidine rings is 1. The van der Waals surface area contributed by atoms with Gasteiger partial charge in [0.15, 0.2) is 0 Å². The summed E-state index contributed by atoms with van der Waals surface area (Å²) in [4.78, 5) is 14.2. The van der Waals surface area contributed by atoms with E-state index < -0.39 is 18.1 Å². The molecule has 1 rings (SSSR count). The largest absolute Gasteiger partial charge is 0.393 e. The van der Waals surface area contributed by atoms with Gasteiger partial charge in [-0.3, -0.25) is 4.79 Å². The monoisotopic (exact) mass is 309 g/mol. The van der Waals surface area contributed by atoms with Crippen LogP contribution in [0.1, 0.15) is 26.7 Å². The maximum absolute atomic E-state index is 12.6. The molecule has 4 nitrogen and oxygen atoms in total. The number of carbonyl (C=O) groups is 1. The molecule has 1 heterocycles. The molecular weight excluding hydrogens is 283 g/mol. The number of amides is 1. The second-order valence-electron chi connectivity index (χ2n) is 6.40. The lowest BCUT2D eigenvalue weighted by Gasteiger charge is -2.32. The van der Waals surface area contributed by atoms with Gasteiger partial charge < -0.3 is 15.5 Å². The number of nitrogens with one attached hydrogen (secondary N) is 2. The molecule has 2 N–H and O–H groups in total. The molecule has 0 bridgehead atoms. The highest BCUT2D eigenvalue weighted by Gasteiger charge is 2.42. The second kappa shape index (κ2) is 7.45. The van der Waals surface area contributed by atoms with Gasteiger partial charge in [0.25, 0.3) is 0 Å². The van der Waals surface area contributed by atoms with Crippen LogP contribution in [0.5, 0.6) is 0 Å². The standard InChI is InChI=1S/C14H26F3N3O/c1-9(2)12(8-20(3)4)19-13(21)11-6-5-10(7-18-11)14(15,16)17/h9-12,18H,5-8H2,1-4H3,(H,19,21). The van der Waals surface area contributed by atoms with Gasteiger partial charge in [-0.05, 0) is 32.9 Å². The average Bonchev–Trinajstić information content (AvgIpc) is 2.36. The third-order valence-electron chi connectivity index (χ3n) is 3.89. The Labute approximate surface area is 124 Å². The molecule has 1 saturated heterocycles. The molecule has 124 valence electrons. The van der Waals surface area contributed by atoms with Crippen molar-refractivity contribution in [1.82, 2.24) is 15.5 Å². The smallest absolute Gasteiger partial charge is 0.350 e. The maximum Gasteiger partial charge on any atom is 0.393 e. The van der Waals surface area contributed by atoms with Crippen LogP contribution in [0.25, 0.3) is 0 Å². The van der Waals surface area contributed by atoms with E-state index >= 15 is 0 Å². The molecule has 0 aromatic heterocycles. The zero-order valence-electron chi connectivity index (χ0n) is 13.1. The van der Waals surface area contributed by atoms with Crippen molar-refractivity contribution in [3.63, 3.8) is 0 Å². The normalized spacial score (nSPS) is 25.2. The Morgan fingerprint density at radius 3 is 2.33 bits per heavy atom. The molecule has 0 spiro atoms.